The van der Waals surface area contributed by atoms with E-state index in [4.69, 9.17) is 11.6 Å². The predicted octanol–water partition coefficient (Wildman–Crippen LogP) is 4.02. The van der Waals surface area contributed by atoms with Gasteiger partial charge in [0.2, 0.25) is 0 Å². The van der Waals surface area contributed by atoms with Crippen LogP contribution in [0.15, 0.2) is 25.9 Å². The molecule has 0 aliphatic rings. The zero-order chi connectivity index (χ0) is 19.1. The summed E-state index contributed by atoms with van der Waals surface area (Å²) in [5, 5.41) is 1.52. The van der Waals surface area contributed by atoms with E-state index in [-0.39, 0.29) is 0 Å². The average molecular weight is 399 g/mol. The first-order chi connectivity index (χ1) is 12.5. The Morgan fingerprint density at radius 1 is 1.23 bits per heavy atom. The molecule has 0 amide bonds. The minimum Gasteiger partial charge on any atom is -0.304 e. The van der Waals surface area contributed by atoms with Crippen molar-refractivity contribution in [2.24, 2.45) is 7.05 Å². The lowest BCUT2D eigenvalue weighted by Gasteiger charge is -2.08. The van der Waals surface area contributed by atoms with E-state index >= 15 is 0 Å². The number of nitrogens with zero attached hydrogens (tertiary/aromatic N) is 3. The number of unbranched alkanes of at least 4 members (excludes halogenated alkanes) is 5. The van der Waals surface area contributed by atoms with Crippen LogP contribution in [-0.2, 0) is 13.6 Å². The quantitative estimate of drug-likeness (QED) is 0.372. The number of imidazole rings is 1. The number of allylic oxidation sites excluding steroid dienone is 1. The molecule has 0 unspecified atom stereocenters. The number of nitrogens with one attached hydrogen (secondary N) is 1. The highest BCUT2D eigenvalue weighted by Gasteiger charge is 2.15. The molecular formula is C18H27ClN4O2S. The monoisotopic (exact) mass is 398 g/mol. The van der Waals surface area contributed by atoms with Crippen LogP contribution in [0.4, 0.5) is 0 Å². The molecule has 0 saturated heterocycles. The lowest BCUT2D eigenvalue weighted by Crippen LogP contribution is -2.35. The van der Waals surface area contributed by atoms with Gasteiger partial charge in [-0.1, -0.05) is 68.5 Å². The van der Waals surface area contributed by atoms with E-state index in [9.17, 15) is 9.59 Å². The van der Waals surface area contributed by atoms with Gasteiger partial charge in [0, 0.05) is 24.4 Å². The molecule has 0 spiro atoms. The van der Waals surface area contributed by atoms with Crippen molar-refractivity contribution in [1.82, 2.24) is 19.1 Å². The van der Waals surface area contributed by atoms with Gasteiger partial charge in [-0.2, -0.15) is 0 Å². The Balaban J connectivity index is 2.26. The smallest absolute Gasteiger partial charge is 0.304 e. The Bertz CT molecular complexity index is 878. The fourth-order valence-corrected chi connectivity index (χ4v) is 3.93. The van der Waals surface area contributed by atoms with E-state index in [1.807, 2.05) is 17.6 Å². The highest BCUT2D eigenvalue weighted by Crippen LogP contribution is 2.23. The van der Waals surface area contributed by atoms with Gasteiger partial charge in [0.25, 0.3) is 0 Å². The minimum absolute atomic E-state index is 0.509. The van der Waals surface area contributed by atoms with Crippen molar-refractivity contribution in [2.75, 3.05) is 5.75 Å². The lowest BCUT2D eigenvalue weighted by molar-refractivity contribution is 0.543. The van der Waals surface area contributed by atoms with E-state index in [2.05, 4.69) is 16.9 Å². The minimum atomic E-state index is -0.614. The van der Waals surface area contributed by atoms with Gasteiger partial charge < -0.3 is 9.55 Å². The van der Waals surface area contributed by atoms with Crippen LogP contribution < -0.4 is 11.1 Å². The number of hydrogen-bond donors (Lipinski definition) is 1. The molecule has 1 N–H and O–H groups in total. The van der Waals surface area contributed by atoms with Crippen molar-refractivity contribution in [3.63, 3.8) is 0 Å². The van der Waals surface area contributed by atoms with Crippen LogP contribution in [0.25, 0.3) is 11.3 Å². The topological polar surface area (TPSA) is 72.7 Å². The van der Waals surface area contributed by atoms with Crippen LogP contribution in [0.2, 0.25) is 0 Å². The van der Waals surface area contributed by atoms with E-state index in [0.717, 1.165) is 29.6 Å². The van der Waals surface area contributed by atoms with Gasteiger partial charge in [0.05, 0.1) is 0 Å². The molecule has 0 radical (unpaired) electrons. The van der Waals surface area contributed by atoms with Crippen molar-refractivity contribution < 1.29 is 0 Å². The number of halogens is 1. The first kappa shape index (κ1) is 20.8. The number of aromatic nitrogens is 4. The second-order valence-corrected chi connectivity index (χ2v) is 7.99. The number of rotatable bonds is 10. The fraction of sp³-hybridized carbons (Fsp3) is 0.611. The summed E-state index contributed by atoms with van der Waals surface area (Å²) in [6.45, 7) is 4.81. The van der Waals surface area contributed by atoms with Crippen LogP contribution in [-0.4, -0.2) is 24.9 Å². The van der Waals surface area contributed by atoms with Gasteiger partial charge in [-0.15, -0.1) is 0 Å². The summed E-state index contributed by atoms with van der Waals surface area (Å²) in [5.41, 5.74) is -0.0821. The average Bonchev–Trinajstić information content (AvgIpc) is 2.93. The predicted molar refractivity (Wildman–Crippen MR) is 109 cm³/mol. The highest BCUT2D eigenvalue weighted by atomic mass is 35.5. The molecule has 2 rings (SSSR count). The highest BCUT2D eigenvalue weighted by molar-refractivity contribution is 7.99. The molecule has 0 atom stereocenters. The summed E-state index contributed by atoms with van der Waals surface area (Å²) in [6, 6.07) is 0. The molecule has 0 saturated carbocycles. The standard InChI is InChI=1S/C18H27ClN4O2S/c1-4-5-6-7-8-9-11-23-15-14(22(3)17(25)16(24)20-15)21-18(23)26-12-10-13(2)19/h10H,4-9,11-12H2,1-3H3,(H,20,24)/b13-10+. The molecule has 2 heterocycles. The molecule has 0 aromatic carbocycles. The first-order valence-corrected chi connectivity index (χ1v) is 10.5. The summed E-state index contributed by atoms with van der Waals surface area (Å²) < 4.78 is 3.33. The molecular weight excluding hydrogens is 372 g/mol. The van der Waals surface area contributed by atoms with Crippen molar-refractivity contribution >= 4 is 34.7 Å². The third-order valence-corrected chi connectivity index (χ3v) is 5.33. The van der Waals surface area contributed by atoms with E-state index in [1.165, 1.54) is 30.3 Å². The van der Waals surface area contributed by atoms with E-state index in [0.29, 0.717) is 17.0 Å². The summed E-state index contributed by atoms with van der Waals surface area (Å²) in [4.78, 5) is 31.1. The Labute approximate surface area is 162 Å². The Morgan fingerprint density at radius 2 is 1.92 bits per heavy atom. The normalized spacial score (nSPS) is 12.2. The molecule has 0 bridgehead atoms. The number of thioether (sulfide) groups is 1. The molecule has 8 heteroatoms. The Morgan fingerprint density at radius 3 is 2.62 bits per heavy atom. The maximum atomic E-state index is 11.9. The van der Waals surface area contributed by atoms with Crippen LogP contribution in [0.3, 0.4) is 0 Å². The summed E-state index contributed by atoms with van der Waals surface area (Å²) in [6.07, 6.45) is 9.05. The van der Waals surface area contributed by atoms with Crippen molar-refractivity contribution in [2.45, 2.75) is 64.1 Å². The number of fused-ring (bicyclic) bond motifs is 1. The third kappa shape index (κ3) is 5.27. The zero-order valence-electron chi connectivity index (χ0n) is 15.7. The zero-order valence-corrected chi connectivity index (χ0v) is 17.3. The van der Waals surface area contributed by atoms with E-state index in [1.54, 1.807) is 18.8 Å². The number of H-pyrrole nitrogens is 1. The largest absolute Gasteiger partial charge is 0.317 e. The molecule has 0 aliphatic carbocycles. The number of aromatic amines is 1. The van der Waals surface area contributed by atoms with Gasteiger partial charge in [-0.05, 0) is 13.3 Å². The van der Waals surface area contributed by atoms with Crippen molar-refractivity contribution in [3.05, 3.63) is 31.8 Å². The molecule has 26 heavy (non-hydrogen) atoms. The maximum absolute atomic E-state index is 11.9. The van der Waals surface area contributed by atoms with Crippen LogP contribution in [0.5, 0.6) is 0 Å². The molecule has 2 aromatic rings. The van der Waals surface area contributed by atoms with Gasteiger partial charge in [-0.3, -0.25) is 14.2 Å². The maximum Gasteiger partial charge on any atom is 0.317 e. The van der Waals surface area contributed by atoms with Crippen LogP contribution in [0.1, 0.15) is 52.4 Å². The first-order valence-electron chi connectivity index (χ1n) is 9.10. The van der Waals surface area contributed by atoms with Crippen molar-refractivity contribution in [1.29, 1.82) is 0 Å². The Kier molecular flexibility index (Phi) is 8.03. The number of hydrogen-bond acceptors (Lipinski definition) is 4. The number of aryl methyl sites for hydroxylation is 2. The molecule has 6 nitrogen and oxygen atoms in total. The second kappa shape index (κ2) is 10.0. The van der Waals surface area contributed by atoms with Gasteiger partial charge >= 0.3 is 11.1 Å². The summed E-state index contributed by atoms with van der Waals surface area (Å²) in [7, 11) is 1.58. The van der Waals surface area contributed by atoms with Crippen LogP contribution >= 0.6 is 23.4 Å². The SMILES string of the molecule is CCCCCCCCn1c(SC/C=C(\C)Cl)nc2c1[nH]c(=O)c(=O)n2C. The second-order valence-electron chi connectivity index (χ2n) is 6.41. The summed E-state index contributed by atoms with van der Waals surface area (Å²) >= 11 is 7.45. The summed E-state index contributed by atoms with van der Waals surface area (Å²) in [5.74, 6) is 0.688. The van der Waals surface area contributed by atoms with E-state index < -0.39 is 11.1 Å². The van der Waals surface area contributed by atoms with Gasteiger partial charge in [0.15, 0.2) is 16.5 Å². The molecule has 0 aliphatic heterocycles. The fourth-order valence-electron chi connectivity index (χ4n) is 2.79. The molecule has 144 valence electrons. The molecule has 2 aromatic heterocycles. The Hall–Kier alpha value is -1.47. The lowest BCUT2D eigenvalue weighted by atomic mass is 10.1. The third-order valence-electron chi connectivity index (χ3n) is 4.28. The van der Waals surface area contributed by atoms with Gasteiger partial charge in [0.1, 0.15) is 0 Å². The van der Waals surface area contributed by atoms with Crippen LogP contribution in [0, 0.1) is 0 Å². The van der Waals surface area contributed by atoms with Gasteiger partial charge in [-0.25, -0.2) is 4.98 Å². The van der Waals surface area contributed by atoms with Crippen molar-refractivity contribution in [3.8, 4) is 0 Å². The molecule has 0 fully saturated rings.